The second kappa shape index (κ2) is 6.32. The lowest BCUT2D eigenvalue weighted by Gasteiger charge is -2.39. The van der Waals surface area contributed by atoms with Crippen LogP contribution in [0.4, 0.5) is 5.69 Å². The van der Waals surface area contributed by atoms with Crippen LogP contribution in [0.3, 0.4) is 0 Å². The van der Waals surface area contributed by atoms with Crippen molar-refractivity contribution in [1.29, 1.82) is 0 Å². The smallest absolute Gasteiger partial charge is 0.313 e. The lowest BCUT2D eigenvalue weighted by atomic mass is 9.79. The maximum atomic E-state index is 12.5. The van der Waals surface area contributed by atoms with Gasteiger partial charge in [0.05, 0.1) is 0 Å². The molecule has 0 saturated carbocycles. The summed E-state index contributed by atoms with van der Waals surface area (Å²) >= 11 is 0. The van der Waals surface area contributed by atoms with Crippen molar-refractivity contribution < 1.29 is 9.59 Å². The molecule has 0 aromatic heterocycles. The zero-order chi connectivity index (χ0) is 16.4. The predicted octanol–water partition coefficient (Wildman–Crippen LogP) is 1.84. The summed E-state index contributed by atoms with van der Waals surface area (Å²) in [5.41, 5.74) is 3.01. The molecule has 1 aromatic carbocycles. The van der Waals surface area contributed by atoms with Gasteiger partial charge in [0.2, 0.25) is 0 Å². The van der Waals surface area contributed by atoms with Crippen LogP contribution in [0.5, 0.6) is 0 Å². The highest BCUT2D eigenvalue weighted by molar-refractivity contribution is 6.39. The Morgan fingerprint density at radius 1 is 1.17 bits per heavy atom. The number of benzene rings is 1. The van der Waals surface area contributed by atoms with Gasteiger partial charge in [0.1, 0.15) is 0 Å². The largest absolute Gasteiger partial charge is 0.334 e. The zero-order valence-corrected chi connectivity index (χ0v) is 13.9. The van der Waals surface area contributed by atoms with Crippen LogP contribution in [0.25, 0.3) is 0 Å². The van der Waals surface area contributed by atoms with Gasteiger partial charge in [0.15, 0.2) is 0 Å². The molecule has 0 bridgehead atoms. The fraction of sp³-hybridized carbons (Fsp3) is 0.556. The summed E-state index contributed by atoms with van der Waals surface area (Å²) in [7, 11) is 0. The molecule has 1 aromatic rings. The van der Waals surface area contributed by atoms with Crippen LogP contribution >= 0.6 is 0 Å². The number of amides is 2. The Bertz CT molecular complexity index is 600. The molecule has 2 saturated heterocycles. The second-order valence-corrected chi connectivity index (χ2v) is 7.09. The maximum absolute atomic E-state index is 12.5. The number of piperidine rings is 1. The minimum Gasteiger partial charge on any atom is -0.334 e. The molecular formula is C18H25N3O2. The molecule has 2 aliphatic heterocycles. The standard InChI is InChI=1S/C18H25N3O2/c1-13-8-14(2)10-15(9-13)20-16(22)17(23)21-7-3-4-18(12-21)5-6-19-11-18/h8-10,19H,3-7,11-12H2,1-2H3,(H,20,22)/t18-/m1/s1. The number of carbonyl (C=O) groups excluding carboxylic acids is 2. The van der Waals surface area contributed by atoms with Crippen LogP contribution in [-0.4, -0.2) is 42.9 Å². The number of carbonyl (C=O) groups is 2. The first kappa shape index (κ1) is 16.0. The Morgan fingerprint density at radius 3 is 2.57 bits per heavy atom. The molecule has 23 heavy (non-hydrogen) atoms. The molecular weight excluding hydrogens is 290 g/mol. The third kappa shape index (κ3) is 3.55. The minimum atomic E-state index is -0.530. The number of nitrogens with one attached hydrogen (secondary N) is 2. The average Bonchev–Trinajstić information content (AvgIpc) is 2.93. The first-order valence-corrected chi connectivity index (χ1v) is 8.37. The van der Waals surface area contributed by atoms with Crippen LogP contribution in [0.2, 0.25) is 0 Å². The van der Waals surface area contributed by atoms with Crippen LogP contribution in [0, 0.1) is 19.3 Å². The Morgan fingerprint density at radius 2 is 1.91 bits per heavy atom. The Hall–Kier alpha value is -1.88. The van der Waals surface area contributed by atoms with E-state index in [0.29, 0.717) is 18.8 Å². The van der Waals surface area contributed by atoms with Gasteiger partial charge >= 0.3 is 11.8 Å². The van der Waals surface area contributed by atoms with Gasteiger partial charge < -0.3 is 15.5 Å². The Kier molecular flexibility index (Phi) is 4.39. The van der Waals surface area contributed by atoms with E-state index in [2.05, 4.69) is 10.6 Å². The van der Waals surface area contributed by atoms with Crippen LogP contribution in [0.15, 0.2) is 18.2 Å². The van der Waals surface area contributed by atoms with E-state index < -0.39 is 11.8 Å². The number of nitrogens with zero attached hydrogens (tertiary/aromatic N) is 1. The van der Waals surface area contributed by atoms with Gasteiger partial charge in [-0.3, -0.25) is 9.59 Å². The minimum absolute atomic E-state index is 0.175. The summed E-state index contributed by atoms with van der Waals surface area (Å²) < 4.78 is 0. The molecule has 0 unspecified atom stereocenters. The predicted molar refractivity (Wildman–Crippen MR) is 90.3 cm³/mol. The van der Waals surface area contributed by atoms with E-state index in [1.54, 1.807) is 4.90 Å². The van der Waals surface area contributed by atoms with E-state index in [1.807, 2.05) is 32.0 Å². The highest BCUT2D eigenvalue weighted by Crippen LogP contribution is 2.35. The summed E-state index contributed by atoms with van der Waals surface area (Å²) in [6.07, 6.45) is 3.21. The SMILES string of the molecule is Cc1cc(C)cc(NC(=O)C(=O)N2CCC[C@]3(CCNC3)C2)c1. The summed E-state index contributed by atoms with van der Waals surface area (Å²) in [6, 6.07) is 5.81. The third-order valence-electron chi connectivity index (χ3n) is 4.95. The number of rotatable bonds is 1. The van der Waals surface area contributed by atoms with Crippen molar-refractivity contribution in [2.24, 2.45) is 5.41 Å². The average molecular weight is 315 g/mol. The van der Waals surface area contributed by atoms with Crippen LogP contribution < -0.4 is 10.6 Å². The maximum Gasteiger partial charge on any atom is 0.313 e. The first-order valence-electron chi connectivity index (χ1n) is 8.37. The lowest BCUT2D eigenvalue weighted by molar-refractivity contribution is -0.145. The van der Waals surface area contributed by atoms with E-state index >= 15 is 0 Å². The van der Waals surface area contributed by atoms with Crippen molar-refractivity contribution in [2.45, 2.75) is 33.1 Å². The second-order valence-electron chi connectivity index (χ2n) is 7.09. The molecule has 3 rings (SSSR count). The van der Waals surface area contributed by atoms with Crippen LogP contribution in [0.1, 0.15) is 30.4 Å². The topological polar surface area (TPSA) is 61.4 Å². The molecule has 5 nitrogen and oxygen atoms in total. The molecule has 2 fully saturated rings. The molecule has 2 amide bonds. The van der Waals surface area contributed by atoms with E-state index in [4.69, 9.17) is 0 Å². The van der Waals surface area contributed by atoms with Crippen molar-refractivity contribution in [2.75, 3.05) is 31.5 Å². The molecule has 0 aliphatic carbocycles. The Balaban J connectivity index is 1.66. The normalized spacial score (nSPS) is 24.0. The summed E-state index contributed by atoms with van der Waals surface area (Å²) in [5, 5.41) is 6.14. The quantitative estimate of drug-likeness (QED) is 0.778. The van der Waals surface area contributed by atoms with Crippen LogP contribution in [-0.2, 0) is 9.59 Å². The molecule has 2 heterocycles. The van der Waals surface area contributed by atoms with Crippen molar-refractivity contribution in [1.82, 2.24) is 10.2 Å². The van der Waals surface area contributed by atoms with E-state index in [-0.39, 0.29) is 5.41 Å². The number of hydrogen-bond acceptors (Lipinski definition) is 3. The zero-order valence-electron chi connectivity index (χ0n) is 13.9. The molecule has 2 aliphatic rings. The molecule has 1 atom stereocenters. The summed E-state index contributed by atoms with van der Waals surface area (Å²) in [5.74, 6) is -0.937. The molecule has 5 heteroatoms. The highest BCUT2D eigenvalue weighted by atomic mass is 16.2. The van der Waals surface area contributed by atoms with E-state index in [9.17, 15) is 9.59 Å². The third-order valence-corrected chi connectivity index (χ3v) is 4.95. The van der Waals surface area contributed by atoms with Gasteiger partial charge in [-0.05, 0) is 62.9 Å². The Labute approximate surface area is 137 Å². The fourth-order valence-corrected chi connectivity index (χ4v) is 3.90. The molecule has 0 radical (unpaired) electrons. The van der Waals surface area contributed by atoms with Gasteiger partial charge in [0.25, 0.3) is 0 Å². The monoisotopic (exact) mass is 315 g/mol. The molecule has 1 spiro atoms. The summed E-state index contributed by atoms with van der Waals surface area (Å²) in [6.45, 7) is 7.30. The van der Waals surface area contributed by atoms with Gasteiger partial charge in [-0.25, -0.2) is 0 Å². The number of hydrogen-bond donors (Lipinski definition) is 2. The van der Waals surface area contributed by atoms with E-state index in [0.717, 1.165) is 43.5 Å². The van der Waals surface area contributed by atoms with Gasteiger partial charge in [-0.15, -0.1) is 0 Å². The van der Waals surface area contributed by atoms with Gasteiger partial charge in [-0.2, -0.15) is 0 Å². The highest BCUT2D eigenvalue weighted by Gasteiger charge is 2.40. The lowest BCUT2D eigenvalue weighted by Crippen LogP contribution is -2.50. The number of aryl methyl sites for hydroxylation is 2. The first-order chi connectivity index (χ1) is 11.0. The van der Waals surface area contributed by atoms with Gasteiger partial charge in [-0.1, -0.05) is 6.07 Å². The van der Waals surface area contributed by atoms with Crippen molar-refractivity contribution >= 4 is 17.5 Å². The molecule has 2 N–H and O–H groups in total. The molecule has 124 valence electrons. The van der Waals surface area contributed by atoms with Crippen molar-refractivity contribution in [3.05, 3.63) is 29.3 Å². The number of likely N-dealkylation sites (tertiary alicyclic amines) is 1. The number of anilines is 1. The van der Waals surface area contributed by atoms with Crippen molar-refractivity contribution in [3.8, 4) is 0 Å². The van der Waals surface area contributed by atoms with Crippen molar-refractivity contribution in [3.63, 3.8) is 0 Å². The summed E-state index contributed by atoms with van der Waals surface area (Å²) in [4.78, 5) is 26.6. The van der Waals surface area contributed by atoms with E-state index in [1.165, 1.54) is 0 Å². The fourth-order valence-electron chi connectivity index (χ4n) is 3.90. The van der Waals surface area contributed by atoms with Gasteiger partial charge in [0, 0.05) is 30.7 Å².